The number of Topliss-reactive ketones (excluding diaryl/α,β-unsaturated/α-hetero) is 1. The summed E-state index contributed by atoms with van der Waals surface area (Å²) < 4.78 is 13.0. The van der Waals surface area contributed by atoms with Crippen molar-refractivity contribution in [3.8, 4) is 0 Å². The minimum Gasteiger partial charge on any atom is -1.00 e. The van der Waals surface area contributed by atoms with Crippen molar-refractivity contribution in [2.45, 2.75) is 242 Å². The van der Waals surface area contributed by atoms with Crippen molar-refractivity contribution in [3.63, 3.8) is 0 Å². The quantitative estimate of drug-likeness (QED) is 0.0373. The van der Waals surface area contributed by atoms with Crippen molar-refractivity contribution < 1.29 is 64.1 Å². The first kappa shape index (κ1) is 70.7. The van der Waals surface area contributed by atoms with Gasteiger partial charge in [0.2, 0.25) is 0 Å². The van der Waals surface area contributed by atoms with Crippen LogP contribution in [0.3, 0.4) is 0 Å². The molecule has 1 saturated heterocycles. The molecule has 4 N–H and O–H groups in total. The molecule has 1 aliphatic carbocycles. The van der Waals surface area contributed by atoms with E-state index in [1.54, 1.807) is 0 Å². The number of nitrogens with one attached hydrogen (secondary N) is 2. The van der Waals surface area contributed by atoms with E-state index in [-0.39, 0.29) is 52.9 Å². The number of nitrogen functional groups attached to an aromatic ring is 1. The molecular weight excluding hydrogens is 993 g/mol. The van der Waals surface area contributed by atoms with Gasteiger partial charge in [0.25, 0.3) is 17.9 Å². The number of hydrogen-bond acceptors (Lipinski definition) is 10. The number of rotatable bonds is 23. The van der Waals surface area contributed by atoms with Gasteiger partial charge in [0.1, 0.15) is 5.78 Å². The maximum atomic E-state index is 11.3. The first-order chi connectivity index (χ1) is 36.7. The Morgan fingerprint density at radius 1 is 0.532 bits per heavy atom. The molecule has 6 rings (SSSR count). The third-order valence-corrected chi connectivity index (χ3v) is 14.1. The van der Waals surface area contributed by atoms with Gasteiger partial charge in [0.15, 0.2) is 0 Å². The summed E-state index contributed by atoms with van der Waals surface area (Å²) in [7, 11) is -1.59. The third kappa shape index (κ3) is 32.6. The van der Waals surface area contributed by atoms with Crippen LogP contribution in [0.2, 0.25) is 0 Å². The fourth-order valence-electron chi connectivity index (χ4n) is 11.4. The molecule has 10 nitrogen and oxygen atoms in total. The van der Waals surface area contributed by atoms with Crippen LogP contribution in [-0.2, 0) is 58.8 Å². The van der Waals surface area contributed by atoms with Gasteiger partial charge in [0, 0.05) is 62.1 Å². The Balaban J connectivity index is 0.000000577. The van der Waals surface area contributed by atoms with Gasteiger partial charge in [-0.15, -0.1) is 0 Å². The number of carbonyl (C=O) groups excluding carboxylic acids is 4. The summed E-state index contributed by atoms with van der Waals surface area (Å²) in [6.07, 6.45) is 25.8. The summed E-state index contributed by atoms with van der Waals surface area (Å²) in [5, 5.41) is 7.56. The molecule has 432 valence electrons. The molecule has 4 aromatic carbocycles. The van der Waals surface area contributed by atoms with E-state index in [4.69, 9.17) is 5.73 Å². The zero-order chi connectivity index (χ0) is 57.8. The summed E-state index contributed by atoms with van der Waals surface area (Å²) in [5.41, 5.74) is 17.0. The molecule has 0 radical (unpaired) electrons. The number of hydrogen-bond donors (Lipinski definition) is 3. The van der Waals surface area contributed by atoms with Crippen molar-refractivity contribution >= 4 is 42.4 Å². The largest absolute Gasteiger partial charge is 1.00 e. The van der Waals surface area contributed by atoms with Crippen LogP contribution in [0.1, 0.15) is 234 Å². The minimum atomic E-state index is -1.59. The van der Waals surface area contributed by atoms with Crippen LogP contribution in [-0.4, -0.2) is 48.1 Å². The van der Waals surface area contributed by atoms with Gasteiger partial charge in [-0.3, -0.25) is 19.2 Å². The Hall–Kier alpha value is -4.42. The Morgan fingerprint density at radius 2 is 0.848 bits per heavy atom. The second-order valence-electron chi connectivity index (χ2n) is 25.1. The van der Waals surface area contributed by atoms with E-state index in [0.29, 0.717) is 11.8 Å². The normalized spacial score (nSPS) is 15.6. The first-order valence-electron chi connectivity index (χ1n) is 29.4. The molecule has 4 aromatic rings. The van der Waals surface area contributed by atoms with Crippen molar-refractivity contribution in [1.82, 2.24) is 5.32 Å². The predicted molar refractivity (Wildman–Crippen MR) is 326 cm³/mol. The summed E-state index contributed by atoms with van der Waals surface area (Å²) in [6.45, 7) is 25.8. The first-order valence-corrected chi connectivity index (χ1v) is 29.4. The van der Waals surface area contributed by atoms with Crippen LogP contribution in [0, 0.1) is 10.8 Å². The second-order valence-corrected chi connectivity index (χ2v) is 25.1. The number of carbonyl (C=O) groups is 4. The molecule has 2 aliphatic rings. The standard InChI is InChI=1S/C30H46N2.C21H29N.C10H18O.C6H9BO6.Na.H/c1-6-7-8-9-10-11-12-24-13-15-25(16-14-24)21-26-17-19-27(20-18-26)31-28-22-29(2,3)32-30(4,5)23-28;1-2-3-4-5-6-7-8-18-9-11-19(12-10-18)17-20-13-15-21(22)16-14-20;1-9(2)5-8(11)6-10(3,4)7-9;1-4(8)11-7(12-5(2)9)13-6(3)10;;/h13-20,28,31-32H,6-12,21-23H2,1-5H3;9-16H,2-8,17,22H2,1H3;5-7H2,1-4H3;1-3H3;;/q;;;;+1;-1. The van der Waals surface area contributed by atoms with Gasteiger partial charge < -0.3 is 31.8 Å². The number of aryl methyl sites for hydroxylation is 2. The van der Waals surface area contributed by atoms with Gasteiger partial charge in [0.05, 0.1) is 0 Å². The molecule has 79 heavy (non-hydrogen) atoms. The van der Waals surface area contributed by atoms with E-state index in [0.717, 1.165) is 65.0 Å². The average Bonchev–Trinajstić information content (AvgIpc) is 3.31. The predicted octanol–water partition coefficient (Wildman–Crippen LogP) is 13.2. The van der Waals surface area contributed by atoms with E-state index in [2.05, 4.69) is 179 Å². The van der Waals surface area contributed by atoms with E-state index in [1.165, 1.54) is 135 Å². The summed E-state index contributed by atoms with van der Waals surface area (Å²) in [4.78, 5) is 42.5. The van der Waals surface area contributed by atoms with Crippen LogP contribution >= 0.6 is 0 Å². The number of unbranched alkanes of at least 4 members (excludes halogenated alkanes) is 10. The van der Waals surface area contributed by atoms with Gasteiger partial charge in [-0.1, -0.05) is 179 Å². The Labute approximate surface area is 503 Å². The van der Waals surface area contributed by atoms with Crippen molar-refractivity contribution in [2.75, 3.05) is 11.1 Å². The van der Waals surface area contributed by atoms with E-state index >= 15 is 0 Å². The van der Waals surface area contributed by atoms with E-state index in [9.17, 15) is 19.2 Å². The van der Waals surface area contributed by atoms with Crippen molar-refractivity contribution in [2.24, 2.45) is 10.8 Å². The average molecular weight is 1100 g/mol. The van der Waals surface area contributed by atoms with Crippen LogP contribution in [0.25, 0.3) is 0 Å². The van der Waals surface area contributed by atoms with Crippen LogP contribution in [0.4, 0.5) is 11.4 Å². The van der Waals surface area contributed by atoms with Gasteiger partial charge >= 0.3 is 36.9 Å². The fourth-order valence-corrected chi connectivity index (χ4v) is 11.4. The molecule has 0 amide bonds. The summed E-state index contributed by atoms with van der Waals surface area (Å²) in [6, 6.07) is 36.2. The number of anilines is 2. The monoisotopic (exact) mass is 1100 g/mol. The Morgan fingerprint density at radius 3 is 1.19 bits per heavy atom. The van der Waals surface area contributed by atoms with Gasteiger partial charge in [-0.05, 0) is 154 Å². The molecule has 2 fully saturated rings. The fraction of sp³-hybridized carbons (Fsp3) is 0.582. The zero-order valence-corrected chi connectivity index (χ0v) is 53.7. The zero-order valence-electron chi connectivity index (χ0n) is 52.7. The van der Waals surface area contributed by atoms with Crippen LogP contribution < -0.4 is 45.9 Å². The Kier molecular flexibility index (Phi) is 32.3. The summed E-state index contributed by atoms with van der Waals surface area (Å²) >= 11 is 0. The Bertz CT molecular complexity index is 2300. The van der Waals surface area contributed by atoms with E-state index in [1.807, 2.05) is 12.1 Å². The van der Waals surface area contributed by atoms with Crippen LogP contribution in [0.15, 0.2) is 97.1 Å². The van der Waals surface area contributed by atoms with Gasteiger partial charge in [-0.2, -0.15) is 0 Å². The molecule has 1 saturated carbocycles. The molecule has 1 aliphatic heterocycles. The molecule has 0 spiro atoms. The smallest absolute Gasteiger partial charge is 1.00 e. The van der Waals surface area contributed by atoms with Crippen molar-refractivity contribution in [3.05, 3.63) is 130 Å². The van der Waals surface area contributed by atoms with Crippen molar-refractivity contribution in [1.29, 1.82) is 0 Å². The molecule has 12 heteroatoms. The SMILES string of the molecule is CC(=O)OB(OC(C)=O)OC(C)=O.CC1(C)CC(=O)CC(C)(C)C1.CCCCCCCCc1ccc(Cc2ccc(N)cc2)cc1.CCCCCCCCc1ccc(Cc2ccc(NC3CC(C)(C)NC(C)(C)C3)cc2)cc1.[H-].[Na+]. The third-order valence-electron chi connectivity index (χ3n) is 14.1. The summed E-state index contributed by atoms with van der Waals surface area (Å²) in [5.74, 6) is -1.71. The number of piperidine rings is 1. The molecule has 0 aromatic heterocycles. The molecule has 0 bridgehead atoms. The molecule has 0 unspecified atom stereocenters. The molecular formula is C67H103BN3NaO7. The van der Waals surface area contributed by atoms with E-state index < -0.39 is 25.2 Å². The molecule has 1 heterocycles. The topological polar surface area (TPSA) is 146 Å². The second kappa shape index (κ2) is 36.1. The number of ketones is 1. The number of nitrogens with two attached hydrogens (primary N) is 1. The number of benzene rings is 4. The maximum Gasteiger partial charge on any atom is 1.00 e. The molecule has 0 atom stereocenters. The maximum absolute atomic E-state index is 11.3. The van der Waals surface area contributed by atoms with Gasteiger partial charge in [-0.25, -0.2) is 0 Å². The minimum absolute atomic E-state index is 0. The van der Waals surface area contributed by atoms with Crippen LogP contribution in [0.5, 0.6) is 0 Å².